The molecule has 7 N–H and O–H groups in total. The van der Waals surface area contributed by atoms with Crippen LogP contribution in [-0.2, 0) is 4.74 Å². The normalized spacial score (nSPS) is 24.1. The molecule has 1 aliphatic rings. The lowest BCUT2D eigenvalue weighted by atomic mass is 10.1. The highest BCUT2D eigenvalue weighted by molar-refractivity contribution is 7.71. The van der Waals surface area contributed by atoms with Gasteiger partial charge >= 0.3 is 0 Å². The number of anilines is 1. The second-order valence-corrected chi connectivity index (χ2v) is 6.02. The van der Waals surface area contributed by atoms with E-state index in [1.54, 1.807) is 0 Å². The number of nitrogens with one attached hydrogen (secondary N) is 2. The highest BCUT2D eigenvalue weighted by Gasteiger charge is 2.43. The maximum Gasteiger partial charge on any atom is 0.203 e. The number of fused-ring (bicyclic) bond motifs is 1. The molecule has 0 unspecified atom stereocenters. The van der Waals surface area contributed by atoms with Gasteiger partial charge in [-0.3, -0.25) is 4.57 Å². The van der Waals surface area contributed by atoms with Crippen molar-refractivity contribution in [2.75, 3.05) is 25.0 Å². The van der Waals surface area contributed by atoms with Crippen LogP contribution in [0.3, 0.4) is 0 Å². The Labute approximate surface area is 159 Å². The number of nitrogens with two attached hydrogens (primary N) is 1. The van der Waals surface area contributed by atoms with Gasteiger partial charge in [0.25, 0.3) is 0 Å². The van der Waals surface area contributed by atoms with E-state index in [9.17, 15) is 15.3 Å². The third-order valence-corrected chi connectivity index (χ3v) is 4.21. The molecule has 1 aliphatic heterocycles. The number of aliphatic hydroxyl groups excluding tert-OH is 3. The molecule has 0 radical (unpaired) electrons. The molecule has 0 aromatic carbocycles. The summed E-state index contributed by atoms with van der Waals surface area (Å²) >= 11 is 5.25. The van der Waals surface area contributed by atoms with E-state index in [1.807, 2.05) is 0 Å². The number of hydrogen-bond acceptors (Lipinski definition) is 9. The summed E-state index contributed by atoms with van der Waals surface area (Å²) in [7, 11) is 0. The summed E-state index contributed by atoms with van der Waals surface area (Å²) in [5.41, 5.74) is 6.10. The summed E-state index contributed by atoms with van der Waals surface area (Å²) in [5.74, 6) is 11.0. The quantitative estimate of drug-likeness (QED) is 0.270. The molecular weight excluding hydrogens is 372 g/mol. The van der Waals surface area contributed by atoms with Crippen LogP contribution in [0.4, 0.5) is 5.95 Å². The Morgan fingerprint density at radius 2 is 2.11 bits per heavy atom. The van der Waals surface area contributed by atoms with Crippen LogP contribution in [0.5, 0.6) is 0 Å². The predicted molar refractivity (Wildman–Crippen MR) is 98.8 cm³/mol. The van der Waals surface area contributed by atoms with Crippen LogP contribution in [0.25, 0.3) is 11.2 Å². The molecular formula is C16H18N6O4S. The first-order valence-electron chi connectivity index (χ1n) is 8.05. The number of hydrogen-bond donors (Lipinski definition) is 6. The molecule has 2 aromatic heterocycles. The number of aromatic nitrogens is 4. The molecule has 4 atom stereocenters. The Bertz CT molecular complexity index is 997. The van der Waals surface area contributed by atoms with Gasteiger partial charge in [0.1, 0.15) is 29.5 Å². The second kappa shape index (κ2) is 8.45. The van der Waals surface area contributed by atoms with Crippen molar-refractivity contribution in [3.8, 4) is 23.7 Å². The number of aliphatic hydroxyl groups is 3. The highest BCUT2D eigenvalue weighted by Crippen LogP contribution is 2.31. The minimum atomic E-state index is -1.24. The Morgan fingerprint density at radius 3 is 2.81 bits per heavy atom. The zero-order valence-corrected chi connectivity index (χ0v) is 14.9. The van der Waals surface area contributed by atoms with Gasteiger partial charge in [-0.15, -0.1) is 0 Å². The molecule has 0 bridgehead atoms. The monoisotopic (exact) mass is 390 g/mol. The van der Waals surface area contributed by atoms with Crippen LogP contribution < -0.4 is 11.1 Å². The molecule has 0 amide bonds. The summed E-state index contributed by atoms with van der Waals surface area (Å²) < 4.78 is 7.28. The van der Waals surface area contributed by atoms with Gasteiger partial charge in [0.05, 0.1) is 26.0 Å². The number of imidazole rings is 1. The van der Waals surface area contributed by atoms with Crippen molar-refractivity contribution in [1.82, 2.24) is 19.5 Å². The fourth-order valence-electron chi connectivity index (χ4n) is 2.63. The lowest BCUT2D eigenvalue weighted by Gasteiger charge is -2.17. The van der Waals surface area contributed by atoms with Crippen LogP contribution in [0.2, 0.25) is 0 Å². The molecule has 0 aliphatic carbocycles. The molecule has 3 heterocycles. The van der Waals surface area contributed by atoms with Gasteiger partial charge in [-0.1, -0.05) is 24.1 Å². The molecule has 0 spiro atoms. The molecule has 1 fully saturated rings. The maximum absolute atomic E-state index is 10.2. The smallest absolute Gasteiger partial charge is 0.203 e. The van der Waals surface area contributed by atoms with E-state index in [0.29, 0.717) is 17.1 Å². The Hall–Kier alpha value is -2.51. The number of aromatic amines is 1. The SMILES string of the molecule is NCC#CC#CCNc1nc(=S)c2ncn([C@@H]3O[C@H](CO)[C@@H](O)[C@H]3O)c2[nH]1. The summed E-state index contributed by atoms with van der Waals surface area (Å²) in [6.07, 6.45) is -2.86. The van der Waals surface area contributed by atoms with Gasteiger partial charge in [0.15, 0.2) is 10.9 Å². The molecule has 10 nitrogen and oxygen atoms in total. The van der Waals surface area contributed by atoms with E-state index in [1.165, 1.54) is 10.9 Å². The van der Waals surface area contributed by atoms with E-state index >= 15 is 0 Å². The van der Waals surface area contributed by atoms with Crippen molar-refractivity contribution in [1.29, 1.82) is 0 Å². The second-order valence-electron chi connectivity index (χ2n) is 5.63. The average molecular weight is 390 g/mol. The fraction of sp³-hybridized carbons (Fsp3) is 0.438. The first-order valence-corrected chi connectivity index (χ1v) is 8.46. The van der Waals surface area contributed by atoms with Crippen molar-refractivity contribution in [2.24, 2.45) is 5.73 Å². The molecule has 0 saturated carbocycles. The van der Waals surface area contributed by atoms with Gasteiger partial charge < -0.3 is 36.1 Å². The molecule has 2 aromatic rings. The van der Waals surface area contributed by atoms with Crippen molar-refractivity contribution in [3.63, 3.8) is 0 Å². The van der Waals surface area contributed by atoms with E-state index in [4.69, 9.17) is 22.7 Å². The molecule has 11 heteroatoms. The van der Waals surface area contributed by atoms with Crippen molar-refractivity contribution < 1.29 is 20.1 Å². The van der Waals surface area contributed by atoms with Gasteiger partial charge in [-0.25, -0.2) is 9.97 Å². The summed E-state index contributed by atoms with van der Waals surface area (Å²) in [6, 6.07) is 0. The predicted octanol–water partition coefficient (Wildman–Crippen LogP) is -1.52. The number of nitrogens with zero attached hydrogens (tertiary/aromatic N) is 3. The zero-order chi connectivity index (χ0) is 19.4. The fourth-order valence-corrected chi connectivity index (χ4v) is 2.87. The first kappa shape index (κ1) is 19.3. The van der Waals surface area contributed by atoms with Crippen LogP contribution >= 0.6 is 12.2 Å². The number of H-pyrrole nitrogens is 1. The molecule has 27 heavy (non-hydrogen) atoms. The van der Waals surface area contributed by atoms with Crippen molar-refractivity contribution >= 4 is 29.3 Å². The molecule has 1 saturated heterocycles. The van der Waals surface area contributed by atoms with Crippen LogP contribution in [-0.4, -0.2) is 72.8 Å². The topological polar surface area (TPSA) is 154 Å². The van der Waals surface area contributed by atoms with E-state index in [2.05, 4.69) is 44.0 Å². The van der Waals surface area contributed by atoms with Crippen LogP contribution in [0.15, 0.2) is 6.33 Å². The van der Waals surface area contributed by atoms with Crippen LogP contribution in [0, 0.1) is 28.3 Å². The van der Waals surface area contributed by atoms with Gasteiger partial charge in [-0.2, -0.15) is 0 Å². The largest absolute Gasteiger partial charge is 0.394 e. The van der Waals surface area contributed by atoms with Crippen molar-refractivity contribution in [2.45, 2.75) is 24.5 Å². The maximum atomic E-state index is 10.2. The van der Waals surface area contributed by atoms with E-state index < -0.39 is 31.1 Å². The zero-order valence-electron chi connectivity index (χ0n) is 14.1. The van der Waals surface area contributed by atoms with Crippen LogP contribution in [0.1, 0.15) is 6.23 Å². The number of rotatable bonds is 4. The third-order valence-electron chi connectivity index (χ3n) is 3.92. The van der Waals surface area contributed by atoms with Gasteiger partial charge in [0.2, 0.25) is 5.95 Å². The molecule has 3 rings (SSSR count). The van der Waals surface area contributed by atoms with E-state index in [0.717, 1.165) is 0 Å². The minimum absolute atomic E-state index is 0.243. The minimum Gasteiger partial charge on any atom is -0.394 e. The number of ether oxygens (including phenoxy) is 1. The van der Waals surface area contributed by atoms with E-state index in [-0.39, 0.29) is 17.7 Å². The molecule has 142 valence electrons. The standard InChI is InChI=1S/C16H18N6O4S/c17-5-3-1-2-4-6-18-16-20-13-10(14(27)21-16)19-8-22(13)15-12(25)11(24)9(7-23)26-15/h8-9,11-12,15,23-25H,5-7,17H2,(H2,18,20,21,27)/t9-,11-,12-,15-/m1/s1. The third kappa shape index (κ3) is 3.94. The Kier molecular flexibility index (Phi) is 6.03. The summed E-state index contributed by atoms with van der Waals surface area (Å²) in [5, 5.41) is 32.4. The first-order chi connectivity index (χ1) is 13.1. The summed E-state index contributed by atoms with van der Waals surface area (Å²) in [4.78, 5) is 11.4. The summed E-state index contributed by atoms with van der Waals surface area (Å²) in [6.45, 7) is 0.0980. The van der Waals surface area contributed by atoms with Gasteiger partial charge in [-0.05, 0) is 11.8 Å². The lowest BCUT2D eigenvalue weighted by molar-refractivity contribution is -0.0511. The average Bonchev–Trinajstić information content (AvgIpc) is 3.20. The Balaban J connectivity index is 1.87. The highest BCUT2D eigenvalue weighted by atomic mass is 32.1. The Morgan fingerprint density at radius 1 is 1.33 bits per heavy atom. The lowest BCUT2D eigenvalue weighted by Crippen LogP contribution is -2.33. The van der Waals surface area contributed by atoms with Gasteiger partial charge in [0, 0.05) is 0 Å². The van der Waals surface area contributed by atoms with Crippen molar-refractivity contribution in [3.05, 3.63) is 11.0 Å².